The zero-order chi connectivity index (χ0) is 18.3. The maximum atomic E-state index is 12.3. The standard InChI is InChI=1S/C18H20ClN5OS/c1-11-9-12(19)10-15-16(11)22-18(26-15)24-7-4-13(5-8-24)21-17(25)14-3-6-20-23(14)2/h3,6,9-10,13H,4-5,7-8H2,1-2H3,(H,21,25). The Morgan fingerprint density at radius 3 is 2.81 bits per heavy atom. The van der Waals surface area contributed by atoms with Crippen molar-refractivity contribution in [3.05, 3.63) is 40.7 Å². The van der Waals surface area contributed by atoms with Gasteiger partial charge in [0, 0.05) is 37.4 Å². The first-order chi connectivity index (χ1) is 12.5. The fourth-order valence-electron chi connectivity index (χ4n) is 3.35. The van der Waals surface area contributed by atoms with Crippen molar-refractivity contribution in [1.29, 1.82) is 0 Å². The van der Waals surface area contributed by atoms with Crippen LogP contribution in [0.25, 0.3) is 10.2 Å². The number of aryl methyl sites for hydroxylation is 2. The lowest BCUT2D eigenvalue weighted by molar-refractivity contribution is 0.0921. The van der Waals surface area contributed by atoms with E-state index in [0.717, 1.165) is 51.9 Å². The molecule has 1 aliphatic heterocycles. The number of anilines is 1. The number of halogens is 1. The van der Waals surface area contributed by atoms with E-state index in [2.05, 4.69) is 15.3 Å². The van der Waals surface area contributed by atoms with Crippen LogP contribution in [0.3, 0.4) is 0 Å². The second kappa shape index (κ2) is 6.89. The number of benzene rings is 1. The monoisotopic (exact) mass is 389 g/mol. The maximum absolute atomic E-state index is 12.3. The Hall–Kier alpha value is -2.12. The number of hydrogen-bond acceptors (Lipinski definition) is 5. The normalized spacial score (nSPS) is 15.6. The van der Waals surface area contributed by atoms with Crippen molar-refractivity contribution >= 4 is 44.2 Å². The van der Waals surface area contributed by atoms with Crippen LogP contribution in [-0.2, 0) is 7.05 Å². The van der Waals surface area contributed by atoms with Gasteiger partial charge in [0.15, 0.2) is 5.13 Å². The number of rotatable bonds is 3. The maximum Gasteiger partial charge on any atom is 0.269 e. The van der Waals surface area contributed by atoms with E-state index < -0.39 is 0 Å². The lowest BCUT2D eigenvalue weighted by atomic mass is 10.1. The van der Waals surface area contributed by atoms with Gasteiger partial charge in [-0.2, -0.15) is 5.10 Å². The number of carbonyl (C=O) groups is 1. The number of amides is 1. The topological polar surface area (TPSA) is 63.1 Å². The summed E-state index contributed by atoms with van der Waals surface area (Å²) in [6, 6.07) is 5.85. The minimum absolute atomic E-state index is 0.0614. The molecule has 0 aliphatic carbocycles. The van der Waals surface area contributed by atoms with Crippen LogP contribution < -0.4 is 10.2 Å². The van der Waals surface area contributed by atoms with Gasteiger partial charge in [-0.15, -0.1) is 0 Å². The molecule has 6 nitrogen and oxygen atoms in total. The lowest BCUT2D eigenvalue weighted by Crippen LogP contribution is -2.45. The minimum atomic E-state index is -0.0614. The highest BCUT2D eigenvalue weighted by Gasteiger charge is 2.24. The van der Waals surface area contributed by atoms with E-state index in [4.69, 9.17) is 16.6 Å². The van der Waals surface area contributed by atoms with Gasteiger partial charge in [-0.1, -0.05) is 22.9 Å². The molecule has 0 atom stereocenters. The zero-order valence-corrected chi connectivity index (χ0v) is 16.3. The van der Waals surface area contributed by atoms with Gasteiger partial charge in [-0.05, 0) is 43.5 Å². The van der Waals surface area contributed by atoms with E-state index in [1.54, 1.807) is 35.3 Å². The molecular weight excluding hydrogens is 370 g/mol. The Morgan fingerprint density at radius 2 is 2.12 bits per heavy atom. The predicted molar refractivity (Wildman–Crippen MR) is 105 cm³/mol. The molecule has 0 unspecified atom stereocenters. The van der Waals surface area contributed by atoms with E-state index in [9.17, 15) is 4.79 Å². The second-order valence-electron chi connectivity index (χ2n) is 6.64. The fraction of sp³-hybridized carbons (Fsp3) is 0.389. The molecule has 1 fully saturated rings. The molecule has 0 bridgehead atoms. The first kappa shape index (κ1) is 17.3. The van der Waals surface area contributed by atoms with E-state index in [-0.39, 0.29) is 11.9 Å². The number of thiazole rings is 1. The summed E-state index contributed by atoms with van der Waals surface area (Å²) in [5, 5.41) is 8.95. The lowest BCUT2D eigenvalue weighted by Gasteiger charge is -2.32. The van der Waals surface area contributed by atoms with Gasteiger partial charge in [0.2, 0.25) is 0 Å². The van der Waals surface area contributed by atoms with E-state index in [1.807, 2.05) is 19.1 Å². The number of carbonyl (C=O) groups excluding carboxylic acids is 1. The van der Waals surface area contributed by atoms with Crippen molar-refractivity contribution in [3.8, 4) is 0 Å². The quantitative estimate of drug-likeness (QED) is 0.745. The van der Waals surface area contributed by atoms with Gasteiger partial charge >= 0.3 is 0 Å². The van der Waals surface area contributed by atoms with Crippen LogP contribution in [0.1, 0.15) is 28.9 Å². The first-order valence-electron chi connectivity index (χ1n) is 8.62. The number of nitrogens with zero attached hydrogens (tertiary/aromatic N) is 4. The van der Waals surface area contributed by atoms with E-state index >= 15 is 0 Å². The molecule has 3 aromatic rings. The fourth-order valence-corrected chi connectivity index (χ4v) is 4.82. The molecule has 2 aromatic heterocycles. The third-order valence-corrected chi connectivity index (χ3v) is 6.07. The zero-order valence-electron chi connectivity index (χ0n) is 14.7. The van der Waals surface area contributed by atoms with E-state index in [0.29, 0.717) is 5.69 Å². The Bertz CT molecular complexity index is 958. The average Bonchev–Trinajstić information content (AvgIpc) is 3.22. The van der Waals surface area contributed by atoms with Crippen molar-refractivity contribution in [1.82, 2.24) is 20.1 Å². The van der Waals surface area contributed by atoms with Gasteiger partial charge in [-0.3, -0.25) is 9.48 Å². The van der Waals surface area contributed by atoms with Crippen molar-refractivity contribution < 1.29 is 4.79 Å². The van der Waals surface area contributed by atoms with Crippen molar-refractivity contribution in [2.75, 3.05) is 18.0 Å². The largest absolute Gasteiger partial charge is 0.348 e. The Morgan fingerprint density at radius 1 is 1.35 bits per heavy atom. The summed E-state index contributed by atoms with van der Waals surface area (Å²) in [6.45, 7) is 3.80. The molecule has 3 heterocycles. The highest BCUT2D eigenvalue weighted by molar-refractivity contribution is 7.22. The predicted octanol–water partition coefficient (Wildman–Crippen LogP) is 3.39. The second-order valence-corrected chi connectivity index (χ2v) is 8.09. The van der Waals surface area contributed by atoms with Crippen LogP contribution in [0.5, 0.6) is 0 Å². The highest BCUT2D eigenvalue weighted by atomic mass is 35.5. The summed E-state index contributed by atoms with van der Waals surface area (Å²) in [5.74, 6) is -0.0614. The number of nitrogens with one attached hydrogen (secondary N) is 1. The van der Waals surface area contributed by atoms with Crippen LogP contribution in [0.4, 0.5) is 5.13 Å². The molecule has 26 heavy (non-hydrogen) atoms. The van der Waals surface area contributed by atoms with E-state index in [1.165, 1.54) is 0 Å². The molecular formula is C18H20ClN5OS. The molecule has 1 aromatic carbocycles. The molecule has 1 amide bonds. The van der Waals surface area contributed by atoms with Gasteiger partial charge in [0.25, 0.3) is 5.91 Å². The molecule has 0 spiro atoms. The molecule has 0 radical (unpaired) electrons. The molecule has 1 saturated heterocycles. The summed E-state index contributed by atoms with van der Waals surface area (Å²) >= 11 is 7.84. The number of fused-ring (bicyclic) bond motifs is 1. The van der Waals surface area contributed by atoms with Crippen LogP contribution in [-0.4, -0.2) is 39.8 Å². The Balaban J connectivity index is 1.41. The van der Waals surface area contributed by atoms with Gasteiger partial charge in [0.1, 0.15) is 5.69 Å². The Labute approximate surface area is 160 Å². The molecule has 4 rings (SSSR count). The number of hydrogen-bond donors (Lipinski definition) is 1. The summed E-state index contributed by atoms with van der Waals surface area (Å²) < 4.78 is 2.72. The minimum Gasteiger partial charge on any atom is -0.348 e. The smallest absolute Gasteiger partial charge is 0.269 e. The van der Waals surface area contributed by atoms with Crippen LogP contribution in [0.2, 0.25) is 5.02 Å². The van der Waals surface area contributed by atoms with Crippen LogP contribution in [0, 0.1) is 6.92 Å². The Kier molecular flexibility index (Phi) is 4.58. The average molecular weight is 390 g/mol. The molecule has 8 heteroatoms. The SMILES string of the molecule is Cc1cc(Cl)cc2sc(N3CCC(NC(=O)c4ccnn4C)CC3)nc12. The van der Waals surface area contributed by atoms with Gasteiger partial charge in [-0.25, -0.2) is 4.98 Å². The molecule has 136 valence electrons. The third-order valence-electron chi connectivity index (χ3n) is 4.79. The van der Waals surface area contributed by atoms with Crippen LogP contribution >= 0.6 is 22.9 Å². The van der Waals surface area contributed by atoms with Gasteiger partial charge < -0.3 is 10.2 Å². The summed E-state index contributed by atoms with van der Waals surface area (Å²) in [6.07, 6.45) is 3.44. The summed E-state index contributed by atoms with van der Waals surface area (Å²) in [4.78, 5) is 19.4. The van der Waals surface area contributed by atoms with Crippen LogP contribution in [0.15, 0.2) is 24.4 Å². The van der Waals surface area contributed by atoms with Crippen molar-refractivity contribution in [2.24, 2.45) is 7.05 Å². The first-order valence-corrected chi connectivity index (χ1v) is 9.81. The highest BCUT2D eigenvalue weighted by Crippen LogP contribution is 2.34. The third kappa shape index (κ3) is 3.29. The summed E-state index contributed by atoms with van der Waals surface area (Å²) in [7, 11) is 1.78. The van der Waals surface area contributed by atoms with Gasteiger partial charge in [0.05, 0.1) is 10.2 Å². The van der Waals surface area contributed by atoms with Crippen molar-refractivity contribution in [2.45, 2.75) is 25.8 Å². The molecule has 0 saturated carbocycles. The molecule has 1 aliphatic rings. The summed E-state index contributed by atoms with van der Waals surface area (Å²) in [5.41, 5.74) is 2.72. The van der Waals surface area contributed by atoms with Crippen molar-refractivity contribution in [3.63, 3.8) is 0 Å². The molecule has 1 N–H and O–H groups in total. The number of aromatic nitrogens is 3. The number of piperidine rings is 1.